The zero-order chi connectivity index (χ0) is 13.1. The third-order valence-electron chi connectivity index (χ3n) is 3.40. The molecule has 18 heavy (non-hydrogen) atoms. The molecule has 1 aliphatic rings. The van der Waals surface area contributed by atoms with Crippen molar-refractivity contribution in [3.8, 4) is 0 Å². The third kappa shape index (κ3) is 3.00. The highest BCUT2D eigenvalue weighted by Crippen LogP contribution is 2.36. The quantitative estimate of drug-likeness (QED) is 0.791. The summed E-state index contributed by atoms with van der Waals surface area (Å²) < 4.78 is 10.8. The molecule has 102 valence electrons. The molecule has 1 aliphatic carbocycles. The second kappa shape index (κ2) is 5.67. The summed E-state index contributed by atoms with van der Waals surface area (Å²) in [5.74, 6) is 1.21. The second-order valence-corrected chi connectivity index (χ2v) is 4.98. The second-order valence-electron chi connectivity index (χ2n) is 4.98. The minimum atomic E-state index is -0.230. The molecule has 2 N–H and O–H groups in total. The predicted octanol–water partition coefficient (Wildman–Crippen LogP) is 1.34. The van der Waals surface area contributed by atoms with Gasteiger partial charge in [-0.1, -0.05) is 5.10 Å². The number of anilines is 1. The summed E-state index contributed by atoms with van der Waals surface area (Å²) >= 11 is 0. The van der Waals surface area contributed by atoms with Crippen LogP contribution in [0.5, 0.6) is 0 Å². The van der Waals surface area contributed by atoms with Crippen LogP contribution in [0.1, 0.15) is 38.6 Å². The Bertz CT molecular complexity index is 376. The van der Waals surface area contributed by atoms with Crippen LogP contribution in [0, 0.1) is 5.92 Å². The number of nitrogens with zero attached hydrogens (tertiary/aromatic N) is 3. The fourth-order valence-electron chi connectivity index (χ4n) is 2.02. The van der Waals surface area contributed by atoms with Gasteiger partial charge in [-0.25, -0.2) is 0 Å². The van der Waals surface area contributed by atoms with E-state index in [1.165, 1.54) is 12.8 Å². The molecule has 0 bridgehead atoms. The van der Waals surface area contributed by atoms with Gasteiger partial charge in [0.1, 0.15) is 0 Å². The van der Waals surface area contributed by atoms with Crippen molar-refractivity contribution in [1.29, 1.82) is 0 Å². The molecule has 1 aromatic heterocycles. The van der Waals surface area contributed by atoms with E-state index in [2.05, 4.69) is 22.0 Å². The molecule has 1 fully saturated rings. The maximum Gasteiger partial charge on any atom is 0.318 e. The average molecular weight is 254 g/mol. The van der Waals surface area contributed by atoms with E-state index in [0.717, 1.165) is 12.5 Å². The van der Waals surface area contributed by atoms with Crippen LogP contribution in [-0.4, -0.2) is 36.5 Å². The van der Waals surface area contributed by atoms with E-state index in [-0.39, 0.29) is 6.04 Å². The number of ether oxygens (including phenoxy) is 1. The molecular formula is C12H22N4O2. The Morgan fingerprint density at radius 3 is 2.67 bits per heavy atom. The molecular weight excluding hydrogens is 232 g/mol. The zero-order valence-corrected chi connectivity index (χ0v) is 11.3. The lowest BCUT2D eigenvalue weighted by atomic mass is 10.2. The smallest absolute Gasteiger partial charge is 0.318 e. The minimum Gasteiger partial charge on any atom is -0.406 e. The molecule has 0 aliphatic heterocycles. The first-order valence-electron chi connectivity index (χ1n) is 6.48. The number of aromatic nitrogens is 2. The average Bonchev–Trinajstić information content (AvgIpc) is 3.08. The van der Waals surface area contributed by atoms with E-state index in [1.54, 1.807) is 7.11 Å². The van der Waals surface area contributed by atoms with Crippen molar-refractivity contribution >= 4 is 6.01 Å². The number of hydrogen-bond acceptors (Lipinski definition) is 6. The Morgan fingerprint density at radius 1 is 1.44 bits per heavy atom. The topological polar surface area (TPSA) is 77.4 Å². The summed E-state index contributed by atoms with van der Waals surface area (Å²) in [5.41, 5.74) is 5.74. The summed E-state index contributed by atoms with van der Waals surface area (Å²) in [5, 5.41) is 8.08. The summed E-state index contributed by atoms with van der Waals surface area (Å²) in [4.78, 5) is 2.13. The van der Waals surface area contributed by atoms with Gasteiger partial charge in [-0.15, -0.1) is 5.10 Å². The molecule has 0 radical (unpaired) electrons. The number of methoxy groups -OCH3 is 1. The highest BCUT2D eigenvalue weighted by atomic mass is 16.5. The molecule has 2 atom stereocenters. The van der Waals surface area contributed by atoms with Crippen LogP contribution in [-0.2, 0) is 4.74 Å². The summed E-state index contributed by atoms with van der Waals surface area (Å²) in [6.07, 6.45) is 2.55. The van der Waals surface area contributed by atoms with E-state index in [1.807, 2.05) is 6.92 Å². The van der Waals surface area contributed by atoms with Gasteiger partial charge in [-0.3, -0.25) is 0 Å². The van der Waals surface area contributed by atoms with Crippen LogP contribution in [0.4, 0.5) is 6.01 Å². The van der Waals surface area contributed by atoms with Gasteiger partial charge in [0, 0.05) is 19.7 Å². The van der Waals surface area contributed by atoms with Gasteiger partial charge in [0.15, 0.2) is 0 Å². The van der Waals surface area contributed by atoms with Crippen LogP contribution in [0.2, 0.25) is 0 Å². The molecule has 6 nitrogen and oxygen atoms in total. The number of rotatable bonds is 7. The van der Waals surface area contributed by atoms with E-state index in [9.17, 15) is 0 Å². The maximum atomic E-state index is 5.74. The summed E-state index contributed by atoms with van der Waals surface area (Å²) in [6.45, 7) is 5.44. The monoisotopic (exact) mass is 254 g/mol. The van der Waals surface area contributed by atoms with Crippen LogP contribution in [0.3, 0.4) is 0 Å². The van der Waals surface area contributed by atoms with Crippen molar-refractivity contribution in [3.63, 3.8) is 0 Å². The molecule has 0 aromatic carbocycles. The van der Waals surface area contributed by atoms with Crippen LogP contribution in [0.15, 0.2) is 4.42 Å². The van der Waals surface area contributed by atoms with Crippen LogP contribution in [0.25, 0.3) is 0 Å². The van der Waals surface area contributed by atoms with E-state index in [0.29, 0.717) is 24.6 Å². The largest absolute Gasteiger partial charge is 0.406 e. The van der Waals surface area contributed by atoms with Crippen molar-refractivity contribution < 1.29 is 9.15 Å². The van der Waals surface area contributed by atoms with Crippen LogP contribution < -0.4 is 10.6 Å². The SMILES string of the molecule is COCCN(c1nnc(C(C)N)o1)C(C)C1CC1. The van der Waals surface area contributed by atoms with Gasteiger partial charge in [-0.05, 0) is 32.6 Å². The fourth-order valence-corrected chi connectivity index (χ4v) is 2.02. The summed E-state index contributed by atoms with van der Waals surface area (Å²) in [6, 6.07) is 0.729. The molecule has 0 saturated heterocycles. The van der Waals surface area contributed by atoms with Gasteiger partial charge >= 0.3 is 6.01 Å². The van der Waals surface area contributed by atoms with Crippen molar-refractivity contribution in [2.75, 3.05) is 25.2 Å². The first kappa shape index (κ1) is 13.3. The first-order valence-corrected chi connectivity index (χ1v) is 6.48. The van der Waals surface area contributed by atoms with Crippen molar-refractivity contribution in [2.24, 2.45) is 11.7 Å². The minimum absolute atomic E-state index is 0.230. The van der Waals surface area contributed by atoms with E-state index < -0.39 is 0 Å². The Morgan fingerprint density at radius 2 is 2.17 bits per heavy atom. The highest BCUT2D eigenvalue weighted by Gasteiger charge is 2.34. The molecule has 0 amide bonds. The third-order valence-corrected chi connectivity index (χ3v) is 3.40. The van der Waals surface area contributed by atoms with Gasteiger partial charge in [0.05, 0.1) is 12.6 Å². The molecule has 1 aromatic rings. The lowest BCUT2D eigenvalue weighted by Crippen LogP contribution is -2.37. The van der Waals surface area contributed by atoms with Crippen LogP contribution >= 0.6 is 0 Å². The normalized spacial score (nSPS) is 18.7. The molecule has 1 saturated carbocycles. The molecule has 6 heteroatoms. The van der Waals surface area contributed by atoms with Gasteiger partial charge in [-0.2, -0.15) is 0 Å². The van der Waals surface area contributed by atoms with Gasteiger partial charge in [0.25, 0.3) is 0 Å². The van der Waals surface area contributed by atoms with Crippen molar-refractivity contribution in [2.45, 2.75) is 38.8 Å². The lowest BCUT2D eigenvalue weighted by Gasteiger charge is -2.27. The predicted molar refractivity (Wildman–Crippen MR) is 68.3 cm³/mol. The highest BCUT2D eigenvalue weighted by molar-refractivity contribution is 5.27. The number of nitrogens with two attached hydrogens (primary N) is 1. The fraction of sp³-hybridized carbons (Fsp3) is 0.833. The van der Waals surface area contributed by atoms with Crippen molar-refractivity contribution in [3.05, 3.63) is 5.89 Å². The molecule has 1 heterocycles. The number of hydrogen-bond donors (Lipinski definition) is 1. The Labute approximate surface area is 107 Å². The molecule has 2 rings (SSSR count). The van der Waals surface area contributed by atoms with Gasteiger partial charge in [0.2, 0.25) is 5.89 Å². The van der Waals surface area contributed by atoms with Crippen molar-refractivity contribution in [1.82, 2.24) is 10.2 Å². The Balaban J connectivity index is 2.10. The lowest BCUT2D eigenvalue weighted by molar-refractivity contribution is 0.201. The maximum absolute atomic E-state index is 5.74. The zero-order valence-electron chi connectivity index (χ0n) is 11.3. The standard InChI is InChI=1S/C12H22N4O2/c1-8(13)11-14-15-12(18-11)16(6-7-17-3)9(2)10-4-5-10/h8-10H,4-7,13H2,1-3H3. The Hall–Kier alpha value is -1.14. The Kier molecular flexibility index (Phi) is 4.19. The summed E-state index contributed by atoms with van der Waals surface area (Å²) in [7, 11) is 1.70. The van der Waals surface area contributed by atoms with E-state index in [4.69, 9.17) is 14.9 Å². The molecule has 2 unspecified atom stereocenters. The first-order chi connectivity index (χ1) is 8.63. The van der Waals surface area contributed by atoms with Gasteiger partial charge < -0.3 is 19.8 Å². The van der Waals surface area contributed by atoms with E-state index >= 15 is 0 Å². The molecule has 0 spiro atoms.